The Morgan fingerprint density at radius 3 is 2.58 bits per heavy atom. The van der Waals surface area contributed by atoms with Crippen LogP contribution in [0.25, 0.3) is 0 Å². The van der Waals surface area contributed by atoms with E-state index in [4.69, 9.17) is 4.42 Å². The number of rotatable bonds is 6. The molecule has 3 aliphatic rings. The Morgan fingerprint density at radius 2 is 1.79 bits per heavy atom. The van der Waals surface area contributed by atoms with Crippen LogP contribution in [-0.2, 0) is 28.4 Å². The molecule has 5 rings (SSSR count). The highest BCUT2D eigenvalue weighted by atomic mass is 32.2. The van der Waals surface area contributed by atoms with Gasteiger partial charge in [-0.25, -0.2) is 0 Å². The number of furan rings is 1. The van der Waals surface area contributed by atoms with Crippen LogP contribution in [0.3, 0.4) is 0 Å². The maximum atomic E-state index is 13.0. The van der Waals surface area contributed by atoms with Crippen molar-refractivity contribution < 1.29 is 18.8 Å². The van der Waals surface area contributed by atoms with Crippen LogP contribution in [0.15, 0.2) is 76.3 Å². The Kier molecular flexibility index (Phi) is 5.92. The Labute approximate surface area is 195 Å². The minimum Gasteiger partial charge on any atom is -0.463 e. The first-order chi connectivity index (χ1) is 16.1. The van der Waals surface area contributed by atoms with Gasteiger partial charge in [0.25, 0.3) is 5.91 Å². The van der Waals surface area contributed by atoms with Gasteiger partial charge in [0.05, 0.1) is 12.3 Å². The first-order valence-electron chi connectivity index (χ1n) is 10.8. The molecule has 0 bridgehead atoms. The number of fused-ring (bicyclic) bond motifs is 1. The number of carbonyl (C=O) groups is 3. The molecule has 8 heteroatoms. The normalized spacial score (nSPS) is 19.8. The van der Waals surface area contributed by atoms with Crippen LogP contribution in [0.5, 0.6) is 0 Å². The zero-order valence-electron chi connectivity index (χ0n) is 17.9. The number of hydrogen-bond acceptors (Lipinski definition) is 6. The van der Waals surface area contributed by atoms with E-state index in [-0.39, 0.29) is 18.2 Å². The van der Waals surface area contributed by atoms with Gasteiger partial charge >= 0.3 is 0 Å². The summed E-state index contributed by atoms with van der Waals surface area (Å²) in [7, 11) is 0. The number of nitrogens with one attached hydrogen (secondary N) is 1. The minimum atomic E-state index is -0.606. The summed E-state index contributed by atoms with van der Waals surface area (Å²) in [4.78, 5) is 41.4. The lowest BCUT2D eigenvalue weighted by molar-refractivity contribution is -0.136. The predicted molar refractivity (Wildman–Crippen MR) is 124 cm³/mol. The average molecular weight is 462 g/mol. The van der Waals surface area contributed by atoms with Crippen LogP contribution in [-0.4, -0.2) is 33.6 Å². The van der Waals surface area contributed by atoms with Gasteiger partial charge in [-0.05, 0) is 48.4 Å². The van der Waals surface area contributed by atoms with E-state index in [0.29, 0.717) is 30.8 Å². The number of thioether (sulfide) groups is 1. The molecule has 1 atom stereocenters. The van der Waals surface area contributed by atoms with Crippen molar-refractivity contribution in [2.24, 2.45) is 0 Å². The van der Waals surface area contributed by atoms with Crippen LogP contribution < -0.4 is 5.32 Å². The molecule has 0 spiro atoms. The van der Waals surface area contributed by atoms with E-state index in [0.717, 1.165) is 22.0 Å². The molecule has 33 heavy (non-hydrogen) atoms. The van der Waals surface area contributed by atoms with Crippen molar-refractivity contribution >= 4 is 29.5 Å². The third kappa shape index (κ3) is 4.52. The third-order valence-corrected chi connectivity index (χ3v) is 6.98. The predicted octanol–water partition coefficient (Wildman–Crippen LogP) is 3.73. The summed E-state index contributed by atoms with van der Waals surface area (Å²) in [5.74, 6) is 1.54. The Bertz CT molecular complexity index is 1180. The summed E-state index contributed by atoms with van der Waals surface area (Å²) in [6, 6.07) is 9.02. The molecular formula is C25H23N3O4S. The van der Waals surface area contributed by atoms with Crippen LogP contribution in [0, 0.1) is 0 Å². The number of carbonyl (C=O) groups excluding carboxylic acids is 3. The lowest BCUT2D eigenvalue weighted by atomic mass is 10.0. The second kappa shape index (κ2) is 9.15. The Balaban J connectivity index is 1.25. The van der Waals surface area contributed by atoms with Gasteiger partial charge in [0.2, 0.25) is 11.8 Å². The SMILES string of the molecule is O=C1CCC(N2Cc3c(SCc4ccc(CN5C=CC=CC=C5)o4)cccc3C2=O)C(=O)N1. The lowest BCUT2D eigenvalue weighted by Gasteiger charge is -2.29. The molecule has 1 fully saturated rings. The molecule has 1 aromatic heterocycles. The number of amides is 3. The van der Waals surface area contributed by atoms with Gasteiger partial charge in [-0.15, -0.1) is 11.8 Å². The van der Waals surface area contributed by atoms with E-state index < -0.39 is 11.9 Å². The molecule has 0 saturated carbocycles. The fourth-order valence-corrected chi connectivity index (χ4v) is 5.19. The molecule has 3 aliphatic heterocycles. The van der Waals surface area contributed by atoms with Crippen molar-refractivity contribution in [3.8, 4) is 0 Å². The molecule has 1 saturated heterocycles. The van der Waals surface area contributed by atoms with Crippen molar-refractivity contribution in [1.29, 1.82) is 0 Å². The molecule has 168 valence electrons. The van der Waals surface area contributed by atoms with E-state index >= 15 is 0 Å². The maximum absolute atomic E-state index is 13.0. The molecule has 1 unspecified atom stereocenters. The highest BCUT2D eigenvalue weighted by Crippen LogP contribution is 2.35. The fourth-order valence-electron chi connectivity index (χ4n) is 4.21. The molecule has 3 amide bonds. The second-order valence-electron chi connectivity index (χ2n) is 8.08. The maximum Gasteiger partial charge on any atom is 0.255 e. The number of allylic oxidation sites excluding steroid dienone is 4. The van der Waals surface area contributed by atoms with Gasteiger partial charge < -0.3 is 14.2 Å². The smallest absolute Gasteiger partial charge is 0.255 e. The average Bonchev–Trinajstić information content (AvgIpc) is 3.28. The standard InChI is InChI=1S/C25H23N3O4S/c29-23-11-10-21(24(30)26-23)28-15-20-19(25(28)31)6-5-7-22(20)33-16-18-9-8-17(32-18)14-27-12-3-1-2-4-13-27/h1-9,12-13,21H,10-11,14-16H2,(H,26,29,30). The number of hydrogen-bond donors (Lipinski definition) is 1. The third-order valence-electron chi connectivity index (χ3n) is 5.85. The molecule has 1 N–H and O–H groups in total. The Hall–Kier alpha value is -3.52. The molecule has 2 aromatic rings. The highest BCUT2D eigenvalue weighted by Gasteiger charge is 2.39. The molecule has 1 aromatic carbocycles. The molecule has 0 aliphatic carbocycles. The topological polar surface area (TPSA) is 82.9 Å². The van der Waals surface area contributed by atoms with Gasteiger partial charge in [0.1, 0.15) is 17.6 Å². The molecule has 4 heterocycles. The zero-order chi connectivity index (χ0) is 22.8. The van der Waals surface area contributed by atoms with Crippen molar-refractivity contribution in [1.82, 2.24) is 15.1 Å². The van der Waals surface area contributed by atoms with Crippen molar-refractivity contribution in [2.45, 2.75) is 42.6 Å². The van der Waals surface area contributed by atoms with Gasteiger partial charge in [-0.1, -0.05) is 18.2 Å². The Morgan fingerprint density at radius 1 is 1.00 bits per heavy atom. The lowest BCUT2D eigenvalue weighted by Crippen LogP contribution is -2.52. The van der Waals surface area contributed by atoms with Gasteiger partial charge in [0.15, 0.2) is 0 Å². The largest absolute Gasteiger partial charge is 0.463 e. The monoisotopic (exact) mass is 461 g/mol. The molecule has 7 nitrogen and oxygen atoms in total. The van der Waals surface area contributed by atoms with E-state index in [1.807, 2.05) is 61.0 Å². The van der Waals surface area contributed by atoms with Crippen LogP contribution in [0.2, 0.25) is 0 Å². The van der Waals surface area contributed by atoms with Gasteiger partial charge in [-0.3, -0.25) is 19.7 Å². The first kappa shape index (κ1) is 21.3. The van der Waals surface area contributed by atoms with Crippen LogP contribution in [0.1, 0.15) is 40.3 Å². The van der Waals surface area contributed by atoms with Gasteiger partial charge in [0, 0.05) is 35.8 Å². The fraction of sp³-hybridized carbons (Fsp3) is 0.240. The first-order valence-corrected chi connectivity index (χ1v) is 11.8. The van der Waals surface area contributed by atoms with E-state index in [1.165, 1.54) is 0 Å². The zero-order valence-corrected chi connectivity index (χ0v) is 18.7. The summed E-state index contributed by atoms with van der Waals surface area (Å²) in [5, 5.41) is 2.35. The van der Waals surface area contributed by atoms with Crippen LogP contribution in [0.4, 0.5) is 0 Å². The summed E-state index contributed by atoms with van der Waals surface area (Å²) in [6.45, 7) is 1.02. The summed E-state index contributed by atoms with van der Waals surface area (Å²) < 4.78 is 6.02. The highest BCUT2D eigenvalue weighted by molar-refractivity contribution is 7.98. The number of imide groups is 1. The van der Waals surface area contributed by atoms with E-state index in [9.17, 15) is 14.4 Å². The van der Waals surface area contributed by atoms with E-state index in [1.54, 1.807) is 22.7 Å². The molecule has 0 radical (unpaired) electrons. The number of nitrogens with zero attached hydrogens (tertiary/aromatic N) is 2. The van der Waals surface area contributed by atoms with Crippen molar-refractivity contribution in [3.05, 3.63) is 89.7 Å². The number of benzene rings is 1. The minimum absolute atomic E-state index is 0.157. The van der Waals surface area contributed by atoms with Gasteiger partial charge in [-0.2, -0.15) is 0 Å². The summed E-state index contributed by atoms with van der Waals surface area (Å²) in [6.07, 6.45) is 12.5. The summed E-state index contributed by atoms with van der Waals surface area (Å²) >= 11 is 1.61. The quantitative estimate of drug-likeness (QED) is 0.521. The summed E-state index contributed by atoms with van der Waals surface area (Å²) in [5.41, 5.74) is 1.55. The van der Waals surface area contributed by atoms with Crippen LogP contribution >= 0.6 is 11.8 Å². The second-order valence-corrected chi connectivity index (χ2v) is 9.10. The molecular weight excluding hydrogens is 438 g/mol. The van der Waals surface area contributed by atoms with Crippen molar-refractivity contribution in [3.63, 3.8) is 0 Å². The van der Waals surface area contributed by atoms with Crippen molar-refractivity contribution in [2.75, 3.05) is 0 Å². The van der Waals surface area contributed by atoms with E-state index in [2.05, 4.69) is 10.2 Å². The number of piperidine rings is 1.